The van der Waals surface area contributed by atoms with Crippen molar-refractivity contribution in [3.8, 4) is 11.5 Å². The van der Waals surface area contributed by atoms with Crippen molar-refractivity contribution in [3.05, 3.63) is 30.2 Å². The molecule has 4 bridgehead atoms. The SMILES string of the molecule is O=C(NNC(=O)C12CC3CC(CC(C3)C1)C2)c1cc(-c2ccco2)[nH]n1. The van der Waals surface area contributed by atoms with Crippen LogP contribution >= 0.6 is 0 Å². The third kappa shape index (κ3) is 2.53. The Bertz CT molecular complexity index is 804. The molecule has 6 rings (SSSR count). The summed E-state index contributed by atoms with van der Waals surface area (Å²) in [7, 11) is 0. The molecule has 2 heterocycles. The maximum Gasteiger partial charge on any atom is 0.290 e. The first-order valence-corrected chi connectivity index (χ1v) is 9.31. The maximum absolute atomic E-state index is 12.9. The average molecular weight is 354 g/mol. The van der Waals surface area contributed by atoms with Gasteiger partial charge in [0, 0.05) is 6.07 Å². The minimum atomic E-state index is -0.433. The highest BCUT2D eigenvalue weighted by molar-refractivity contribution is 5.95. The summed E-state index contributed by atoms with van der Waals surface area (Å²) in [6.45, 7) is 0. The quantitative estimate of drug-likeness (QED) is 0.738. The minimum absolute atomic E-state index is 0.0354. The molecule has 0 saturated heterocycles. The fourth-order valence-electron chi connectivity index (χ4n) is 5.69. The second-order valence-corrected chi connectivity index (χ2v) is 8.25. The number of hydrogen-bond donors (Lipinski definition) is 3. The van der Waals surface area contributed by atoms with E-state index in [2.05, 4.69) is 21.0 Å². The highest BCUT2D eigenvalue weighted by Gasteiger charge is 2.54. The third-order valence-corrected chi connectivity index (χ3v) is 6.41. The summed E-state index contributed by atoms with van der Waals surface area (Å²) >= 11 is 0. The molecular formula is C19H22N4O3. The number of amides is 2. The molecule has 2 aromatic rings. The van der Waals surface area contributed by atoms with E-state index in [9.17, 15) is 9.59 Å². The van der Waals surface area contributed by atoms with Crippen LogP contribution in [0.2, 0.25) is 0 Å². The molecule has 0 atom stereocenters. The van der Waals surface area contributed by atoms with E-state index in [0.717, 1.165) is 19.3 Å². The second kappa shape index (κ2) is 5.72. The number of hydrazine groups is 1. The Morgan fingerprint density at radius 3 is 2.42 bits per heavy atom. The van der Waals surface area contributed by atoms with Crippen LogP contribution in [-0.2, 0) is 4.79 Å². The van der Waals surface area contributed by atoms with Gasteiger partial charge in [0.2, 0.25) is 5.91 Å². The van der Waals surface area contributed by atoms with Crippen LogP contribution in [0.4, 0.5) is 0 Å². The molecule has 2 amide bonds. The van der Waals surface area contributed by atoms with Crippen molar-refractivity contribution < 1.29 is 14.0 Å². The average Bonchev–Trinajstić information content (AvgIpc) is 3.29. The summed E-state index contributed by atoms with van der Waals surface area (Å²) in [4.78, 5) is 25.2. The Hall–Kier alpha value is -2.57. The maximum atomic E-state index is 12.9. The number of aromatic nitrogens is 2. The minimum Gasteiger partial charge on any atom is -0.463 e. The van der Waals surface area contributed by atoms with Crippen LogP contribution < -0.4 is 10.9 Å². The van der Waals surface area contributed by atoms with Crippen molar-refractivity contribution in [3.63, 3.8) is 0 Å². The lowest BCUT2D eigenvalue weighted by Crippen LogP contribution is -2.56. The summed E-state index contributed by atoms with van der Waals surface area (Å²) < 4.78 is 5.28. The Balaban J connectivity index is 1.24. The van der Waals surface area contributed by atoms with Crippen molar-refractivity contribution in [2.75, 3.05) is 0 Å². The van der Waals surface area contributed by atoms with Crippen LogP contribution in [0.25, 0.3) is 11.5 Å². The smallest absolute Gasteiger partial charge is 0.290 e. The van der Waals surface area contributed by atoms with E-state index in [-0.39, 0.29) is 17.0 Å². The summed E-state index contributed by atoms with van der Waals surface area (Å²) in [5.74, 6) is 2.19. The van der Waals surface area contributed by atoms with Gasteiger partial charge in [0.25, 0.3) is 5.91 Å². The largest absolute Gasteiger partial charge is 0.463 e. The normalized spacial score (nSPS) is 31.8. The molecular weight excluding hydrogens is 332 g/mol. The zero-order chi connectivity index (χ0) is 17.7. The molecule has 7 heteroatoms. The van der Waals surface area contributed by atoms with E-state index < -0.39 is 5.91 Å². The molecule has 136 valence electrons. The van der Waals surface area contributed by atoms with Gasteiger partial charge in [-0.15, -0.1) is 0 Å². The van der Waals surface area contributed by atoms with Crippen molar-refractivity contribution in [1.82, 2.24) is 21.0 Å². The molecule has 26 heavy (non-hydrogen) atoms. The van der Waals surface area contributed by atoms with Gasteiger partial charge < -0.3 is 4.42 Å². The van der Waals surface area contributed by atoms with Gasteiger partial charge in [-0.1, -0.05) is 0 Å². The number of carbonyl (C=O) groups excluding carboxylic acids is 2. The number of carbonyl (C=O) groups is 2. The lowest BCUT2D eigenvalue weighted by Gasteiger charge is -2.55. The number of hydrogen-bond acceptors (Lipinski definition) is 4. The Morgan fingerprint density at radius 2 is 1.81 bits per heavy atom. The van der Waals surface area contributed by atoms with Gasteiger partial charge in [-0.05, 0) is 68.4 Å². The number of furan rings is 1. The van der Waals surface area contributed by atoms with Crippen LogP contribution in [0.1, 0.15) is 49.0 Å². The fourth-order valence-corrected chi connectivity index (χ4v) is 5.69. The Labute approximate surface area is 150 Å². The third-order valence-electron chi connectivity index (χ3n) is 6.41. The summed E-state index contributed by atoms with van der Waals surface area (Å²) in [6.07, 6.45) is 8.29. The fraction of sp³-hybridized carbons (Fsp3) is 0.526. The summed E-state index contributed by atoms with van der Waals surface area (Å²) in [6, 6.07) is 5.15. The topological polar surface area (TPSA) is 100 Å². The van der Waals surface area contributed by atoms with Crippen LogP contribution in [-0.4, -0.2) is 22.0 Å². The van der Waals surface area contributed by atoms with E-state index in [1.807, 2.05) is 0 Å². The van der Waals surface area contributed by atoms with E-state index in [0.29, 0.717) is 29.2 Å². The number of nitrogens with zero attached hydrogens (tertiary/aromatic N) is 1. The van der Waals surface area contributed by atoms with Gasteiger partial charge in [0.05, 0.1) is 11.7 Å². The second-order valence-electron chi connectivity index (χ2n) is 8.25. The van der Waals surface area contributed by atoms with Gasteiger partial charge in [-0.2, -0.15) is 5.10 Å². The molecule has 2 aromatic heterocycles. The molecule has 0 unspecified atom stereocenters. The highest BCUT2D eigenvalue weighted by Crippen LogP contribution is 2.60. The van der Waals surface area contributed by atoms with Gasteiger partial charge in [0.1, 0.15) is 5.69 Å². The van der Waals surface area contributed by atoms with Crippen LogP contribution in [0.15, 0.2) is 28.9 Å². The molecule has 0 aliphatic heterocycles. The Morgan fingerprint density at radius 1 is 1.12 bits per heavy atom. The standard InChI is InChI=1S/C19H22N4O3/c24-17(15-7-14(20-21-15)16-2-1-3-26-16)22-23-18(25)19-8-11-4-12(9-19)6-13(5-11)10-19/h1-3,7,11-13H,4-6,8-10H2,(H,20,21)(H,22,24)(H,23,25). The molecule has 4 saturated carbocycles. The molecule has 0 aromatic carbocycles. The number of H-pyrrole nitrogens is 1. The van der Waals surface area contributed by atoms with Crippen LogP contribution in [0, 0.1) is 23.2 Å². The van der Waals surface area contributed by atoms with E-state index >= 15 is 0 Å². The van der Waals surface area contributed by atoms with Crippen molar-refractivity contribution in [2.45, 2.75) is 38.5 Å². The molecule has 0 radical (unpaired) electrons. The van der Waals surface area contributed by atoms with Crippen molar-refractivity contribution >= 4 is 11.8 Å². The molecule has 0 spiro atoms. The zero-order valence-corrected chi connectivity index (χ0v) is 14.5. The Kier molecular flexibility index (Phi) is 3.45. The van der Waals surface area contributed by atoms with E-state index in [1.54, 1.807) is 24.5 Å². The van der Waals surface area contributed by atoms with E-state index in [1.165, 1.54) is 19.3 Å². The molecule has 4 aliphatic rings. The molecule has 3 N–H and O–H groups in total. The monoisotopic (exact) mass is 354 g/mol. The number of rotatable bonds is 3. The first-order chi connectivity index (χ1) is 12.6. The lowest BCUT2D eigenvalue weighted by molar-refractivity contribution is -0.147. The molecule has 4 aliphatic carbocycles. The molecule has 7 nitrogen and oxygen atoms in total. The first kappa shape index (κ1) is 15.7. The van der Waals surface area contributed by atoms with Crippen LogP contribution in [0.3, 0.4) is 0 Å². The lowest BCUT2D eigenvalue weighted by atomic mass is 9.49. The van der Waals surface area contributed by atoms with E-state index in [4.69, 9.17) is 4.42 Å². The van der Waals surface area contributed by atoms with Gasteiger partial charge in [-0.25, -0.2) is 0 Å². The number of aromatic amines is 1. The van der Waals surface area contributed by atoms with Crippen LogP contribution in [0.5, 0.6) is 0 Å². The van der Waals surface area contributed by atoms with Gasteiger partial charge in [-0.3, -0.25) is 25.5 Å². The van der Waals surface area contributed by atoms with Gasteiger partial charge >= 0.3 is 0 Å². The first-order valence-electron chi connectivity index (χ1n) is 9.31. The predicted molar refractivity (Wildman–Crippen MR) is 92.5 cm³/mol. The highest BCUT2D eigenvalue weighted by atomic mass is 16.3. The van der Waals surface area contributed by atoms with Crippen molar-refractivity contribution in [2.24, 2.45) is 23.2 Å². The summed E-state index contributed by atoms with van der Waals surface area (Å²) in [5, 5.41) is 6.76. The van der Waals surface area contributed by atoms with Crippen molar-refractivity contribution in [1.29, 1.82) is 0 Å². The predicted octanol–water partition coefficient (Wildman–Crippen LogP) is 2.65. The summed E-state index contributed by atoms with van der Waals surface area (Å²) in [5.41, 5.74) is 5.74. The number of nitrogens with one attached hydrogen (secondary N) is 3. The van der Waals surface area contributed by atoms with Gasteiger partial charge in [0.15, 0.2) is 11.5 Å². The molecule has 4 fully saturated rings. The zero-order valence-electron chi connectivity index (χ0n) is 14.5.